The minimum atomic E-state index is -0.659. The number of halogens is 1. The molecule has 3 N–H and O–H groups in total. The molecular formula is C13H10ClN3O4. The second-order valence-electron chi connectivity index (χ2n) is 4.05. The van der Waals surface area contributed by atoms with E-state index < -0.39 is 11.0 Å². The van der Waals surface area contributed by atoms with E-state index >= 15 is 0 Å². The maximum absolute atomic E-state index is 11.8. The van der Waals surface area contributed by atoms with E-state index in [-0.39, 0.29) is 22.8 Å². The van der Waals surface area contributed by atoms with E-state index in [0.717, 1.165) is 0 Å². The lowest BCUT2D eigenvalue weighted by Gasteiger charge is -2.09. The molecule has 0 saturated heterocycles. The number of aromatic hydroxyl groups is 1. The molecule has 0 aromatic heterocycles. The highest BCUT2D eigenvalue weighted by Gasteiger charge is 2.10. The first-order valence-corrected chi connectivity index (χ1v) is 6.14. The Morgan fingerprint density at radius 2 is 1.95 bits per heavy atom. The summed E-state index contributed by atoms with van der Waals surface area (Å²) in [5.74, 6) is -0.145. The van der Waals surface area contributed by atoms with Crippen molar-refractivity contribution in [3.05, 3.63) is 57.6 Å². The summed E-state index contributed by atoms with van der Waals surface area (Å²) in [6.45, 7) is 0. The number of nitrogens with zero attached hydrogens (tertiary/aromatic N) is 1. The molecule has 2 rings (SSSR count). The fourth-order valence-electron chi connectivity index (χ4n) is 1.59. The van der Waals surface area contributed by atoms with Gasteiger partial charge in [0.1, 0.15) is 5.75 Å². The van der Waals surface area contributed by atoms with Crippen LogP contribution in [0.5, 0.6) is 5.75 Å². The minimum absolute atomic E-state index is 0.130. The van der Waals surface area contributed by atoms with Crippen LogP contribution in [-0.2, 0) is 0 Å². The molecule has 0 fully saturated rings. The van der Waals surface area contributed by atoms with Crippen molar-refractivity contribution in [2.24, 2.45) is 0 Å². The molecular weight excluding hydrogens is 298 g/mol. The first kappa shape index (κ1) is 14.6. The topological polar surface area (TPSA) is 104 Å². The number of nitrogens with one attached hydrogen (secondary N) is 2. The molecule has 0 radical (unpaired) electrons. The zero-order valence-electron chi connectivity index (χ0n) is 10.5. The average Bonchev–Trinajstić information content (AvgIpc) is 2.43. The van der Waals surface area contributed by atoms with Crippen LogP contribution in [-0.4, -0.2) is 16.1 Å². The Bertz CT molecular complexity index is 706. The lowest BCUT2D eigenvalue weighted by atomic mass is 10.3. The number of phenolic OH excluding ortho intramolecular Hbond substituents is 1. The van der Waals surface area contributed by atoms with Gasteiger partial charge in [-0.3, -0.25) is 10.1 Å². The third-order valence-corrected chi connectivity index (χ3v) is 2.76. The van der Waals surface area contributed by atoms with Crippen molar-refractivity contribution < 1.29 is 14.8 Å². The van der Waals surface area contributed by atoms with Crippen molar-refractivity contribution in [3.8, 4) is 5.75 Å². The fraction of sp³-hybridized carbons (Fsp3) is 0. The van der Waals surface area contributed by atoms with E-state index in [2.05, 4.69) is 10.6 Å². The van der Waals surface area contributed by atoms with Crippen LogP contribution >= 0.6 is 11.6 Å². The van der Waals surface area contributed by atoms with Gasteiger partial charge in [-0.05, 0) is 24.3 Å². The molecule has 0 unspecified atom stereocenters. The Morgan fingerprint density at radius 1 is 1.19 bits per heavy atom. The molecule has 0 saturated carbocycles. The van der Waals surface area contributed by atoms with Gasteiger partial charge in [0.2, 0.25) is 0 Å². The summed E-state index contributed by atoms with van der Waals surface area (Å²) in [5.41, 5.74) is 0.243. The number of hydrogen-bond donors (Lipinski definition) is 3. The molecule has 0 heterocycles. The summed E-state index contributed by atoms with van der Waals surface area (Å²) in [7, 11) is 0. The Morgan fingerprint density at radius 3 is 2.67 bits per heavy atom. The highest BCUT2D eigenvalue weighted by atomic mass is 35.5. The molecule has 8 heteroatoms. The number of amides is 2. The Labute approximate surface area is 124 Å². The lowest BCUT2D eigenvalue weighted by Crippen LogP contribution is -2.19. The van der Waals surface area contributed by atoms with Crippen molar-refractivity contribution >= 4 is 34.7 Å². The van der Waals surface area contributed by atoms with Gasteiger partial charge in [-0.1, -0.05) is 17.7 Å². The monoisotopic (exact) mass is 307 g/mol. The van der Waals surface area contributed by atoms with Crippen molar-refractivity contribution in [1.29, 1.82) is 0 Å². The molecule has 2 aromatic carbocycles. The molecule has 21 heavy (non-hydrogen) atoms. The van der Waals surface area contributed by atoms with E-state index in [1.807, 2.05) is 0 Å². The van der Waals surface area contributed by atoms with Crippen molar-refractivity contribution in [1.82, 2.24) is 0 Å². The molecule has 108 valence electrons. The van der Waals surface area contributed by atoms with E-state index in [4.69, 9.17) is 11.6 Å². The van der Waals surface area contributed by atoms with Crippen molar-refractivity contribution in [3.63, 3.8) is 0 Å². The van der Waals surface area contributed by atoms with Crippen LogP contribution in [0, 0.1) is 10.1 Å². The number of nitro benzene ring substituents is 1. The van der Waals surface area contributed by atoms with Gasteiger partial charge in [-0.2, -0.15) is 0 Å². The first-order valence-electron chi connectivity index (χ1n) is 5.76. The molecule has 0 aliphatic carbocycles. The Balaban J connectivity index is 2.10. The molecule has 2 amide bonds. The number of carbonyl (C=O) groups excluding carboxylic acids is 1. The van der Waals surface area contributed by atoms with Gasteiger partial charge < -0.3 is 15.7 Å². The van der Waals surface area contributed by atoms with Crippen LogP contribution in [0.1, 0.15) is 0 Å². The summed E-state index contributed by atoms with van der Waals surface area (Å²) >= 11 is 5.76. The third kappa shape index (κ3) is 3.83. The fourth-order valence-corrected chi connectivity index (χ4v) is 1.76. The SMILES string of the molecule is O=C(Nc1cccc([N+](=O)[O-])c1)Nc1cc(Cl)ccc1O. The van der Waals surface area contributed by atoms with Crippen LogP contribution in [0.4, 0.5) is 21.9 Å². The van der Waals surface area contributed by atoms with Gasteiger partial charge >= 0.3 is 6.03 Å². The van der Waals surface area contributed by atoms with Crippen LogP contribution in [0.3, 0.4) is 0 Å². The van der Waals surface area contributed by atoms with E-state index in [0.29, 0.717) is 5.02 Å². The van der Waals surface area contributed by atoms with Crippen molar-refractivity contribution in [2.45, 2.75) is 0 Å². The summed E-state index contributed by atoms with van der Waals surface area (Å²) in [6, 6.07) is 9.02. The maximum Gasteiger partial charge on any atom is 0.323 e. The van der Waals surface area contributed by atoms with Gasteiger partial charge in [-0.25, -0.2) is 4.79 Å². The number of urea groups is 1. The van der Waals surface area contributed by atoms with Crippen LogP contribution < -0.4 is 10.6 Å². The Hall–Kier alpha value is -2.80. The van der Waals surface area contributed by atoms with Crippen LogP contribution in [0.2, 0.25) is 5.02 Å². The standard InChI is InChI=1S/C13H10ClN3O4/c14-8-4-5-12(18)11(6-8)16-13(19)15-9-2-1-3-10(7-9)17(20)21/h1-7,18H,(H2,15,16,19). The van der Waals surface area contributed by atoms with Crippen LogP contribution in [0.15, 0.2) is 42.5 Å². The maximum atomic E-state index is 11.8. The molecule has 2 aromatic rings. The largest absolute Gasteiger partial charge is 0.506 e. The predicted octanol–water partition coefficient (Wildman–Crippen LogP) is 3.60. The van der Waals surface area contributed by atoms with E-state index in [1.54, 1.807) is 0 Å². The number of anilines is 2. The highest BCUT2D eigenvalue weighted by molar-refractivity contribution is 6.31. The van der Waals surface area contributed by atoms with Gasteiger partial charge in [-0.15, -0.1) is 0 Å². The molecule has 7 nitrogen and oxygen atoms in total. The quantitative estimate of drug-likeness (QED) is 0.457. The molecule has 0 bridgehead atoms. The Kier molecular flexibility index (Phi) is 4.24. The summed E-state index contributed by atoms with van der Waals surface area (Å²) in [6.07, 6.45) is 0. The van der Waals surface area contributed by atoms with E-state index in [9.17, 15) is 20.0 Å². The average molecular weight is 308 g/mol. The summed E-state index contributed by atoms with van der Waals surface area (Å²) in [5, 5.41) is 25.4. The smallest absolute Gasteiger partial charge is 0.323 e. The zero-order chi connectivity index (χ0) is 15.4. The number of non-ortho nitro benzene ring substituents is 1. The number of benzene rings is 2. The highest BCUT2D eigenvalue weighted by Crippen LogP contribution is 2.26. The molecule has 0 spiro atoms. The first-order chi connectivity index (χ1) is 9.95. The lowest BCUT2D eigenvalue weighted by molar-refractivity contribution is -0.384. The summed E-state index contributed by atoms with van der Waals surface area (Å²) in [4.78, 5) is 21.9. The second-order valence-corrected chi connectivity index (χ2v) is 4.48. The van der Waals surface area contributed by atoms with Crippen molar-refractivity contribution in [2.75, 3.05) is 10.6 Å². The second kappa shape index (κ2) is 6.10. The third-order valence-electron chi connectivity index (χ3n) is 2.52. The normalized spacial score (nSPS) is 9.95. The number of hydrogen-bond acceptors (Lipinski definition) is 4. The minimum Gasteiger partial charge on any atom is -0.506 e. The van der Waals surface area contributed by atoms with Gasteiger partial charge in [0.15, 0.2) is 0 Å². The predicted molar refractivity (Wildman–Crippen MR) is 78.9 cm³/mol. The molecule has 0 aliphatic rings. The number of nitro groups is 1. The van der Waals surface area contributed by atoms with Gasteiger partial charge in [0.05, 0.1) is 10.6 Å². The number of phenols is 1. The van der Waals surface area contributed by atoms with Crippen LogP contribution in [0.25, 0.3) is 0 Å². The van der Waals surface area contributed by atoms with E-state index in [1.165, 1.54) is 42.5 Å². The number of rotatable bonds is 3. The zero-order valence-corrected chi connectivity index (χ0v) is 11.3. The molecule has 0 atom stereocenters. The summed E-state index contributed by atoms with van der Waals surface area (Å²) < 4.78 is 0. The van der Waals surface area contributed by atoms with Gasteiger partial charge in [0, 0.05) is 22.8 Å². The molecule has 0 aliphatic heterocycles. The van der Waals surface area contributed by atoms with Gasteiger partial charge in [0.25, 0.3) is 5.69 Å². The number of carbonyl (C=O) groups is 1.